The first-order chi connectivity index (χ1) is 17.6. The maximum atomic E-state index is 12.9. The van der Waals surface area contributed by atoms with Gasteiger partial charge in [-0.3, -0.25) is 9.59 Å². The monoisotopic (exact) mass is 484 g/mol. The van der Waals surface area contributed by atoms with Gasteiger partial charge < -0.3 is 10.6 Å². The van der Waals surface area contributed by atoms with Crippen molar-refractivity contribution in [3.8, 4) is 0 Å². The normalized spacial score (nSPS) is 17.4. The molecule has 1 aliphatic rings. The molecule has 1 fully saturated rings. The zero-order valence-electron chi connectivity index (χ0n) is 19.8. The third-order valence-electron chi connectivity index (χ3n) is 6.32. The van der Waals surface area contributed by atoms with Crippen LogP contribution in [0.1, 0.15) is 57.8 Å². The summed E-state index contributed by atoms with van der Waals surface area (Å²) in [5.74, 6) is -0.594. The Hall–Kier alpha value is -4.34. The van der Waals surface area contributed by atoms with Crippen molar-refractivity contribution in [3.63, 3.8) is 0 Å². The number of amides is 2. The quantitative estimate of drug-likeness (QED) is 0.396. The van der Waals surface area contributed by atoms with E-state index in [0.29, 0.717) is 13.1 Å². The van der Waals surface area contributed by atoms with Crippen molar-refractivity contribution >= 4 is 11.8 Å². The van der Waals surface area contributed by atoms with Crippen molar-refractivity contribution in [2.75, 3.05) is 0 Å². The molecule has 4 aromatic rings. The van der Waals surface area contributed by atoms with Gasteiger partial charge in [-0.2, -0.15) is 0 Å². The molecule has 10 heteroatoms. The first-order valence-electron chi connectivity index (χ1n) is 12.1. The van der Waals surface area contributed by atoms with Gasteiger partial charge in [0, 0.05) is 12.1 Å². The molecule has 0 saturated heterocycles. The molecule has 2 aromatic heterocycles. The molecular weight excluding hydrogens is 456 g/mol. The molecular formula is C26H28N8O2. The van der Waals surface area contributed by atoms with Crippen molar-refractivity contribution in [2.24, 2.45) is 0 Å². The molecule has 2 atom stereocenters. The van der Waals surface area contributed by atoms with Crippen molar-refractivity contribution < 1.29 is 9.59 Å². The van der Waals surface area contributed by atoms with E-state index >= 15 is 0 Å². The zero-order chi connectivity index (χ0) is 24.7. The van der Waals surface area contributed by atoms with E-state index in [1.165, 1.54) is 0 Å². The van der Waals surface area contributed by atoms with Crippen molar-refractivity contribution in [3.05, 3.63) is 95.6 Å². The van der Waals surface area contributed by atoms with Gasteiger partial charge in [0.2, 0.25) is 0 Å². The van der Waals surface area contributed by atoms with Crippen LogP contribution in [0.2, 0.25) is 0 Å². The molecule has 0 radical (unpaired) electrons. The fourth-order valence-electron chi connectivity index (χ4n) is 4.46. The Kier molecular flexibility index (Phi) is 7.11. The standard InChI is InChI=1S/C26H28N8O2/c35-25(23-17-33(31-29-23)15-19-9-3-1-4-10-19)27-21-13-7-8-14-22(21)28-26(36)24-18-34(32-30-24)16-20-11-5-2-6-12-20/h1-6,9-12,17-18,21-22H,7-8,13-16H2,(H,27,35)(H,28,36)/t21-,22?/m1/s1. The lowest BCUT2D eigenvalue weighted by Crippen LogP contribution is -2.53. The molecule has 0 bridgehead atoms. The number of hydrogen-bond donors (Lipinski definition) is 2. The molecule has 0 aliphatic heterocycles. The molecule has 184 valence electrons. The van der Waals surface area contributed by atoms with Crippen LogP contribution in [0, 0.1) is 0 Å². The Morgan fingerprint density at radius 3 is 1.53 bits per heavy atom. The predicted octanol–water partition coefficient (Wildman–Crippen LogP) is 2.44. The number of hydrogen-bond acceptors (Lipinski definition) is 6. The van der Waals surface area contributed by atoms with Gasteiger partial charge in [-0.1, -0.05) is 83.9 Å². The van der Waals surface area contributed by atoms with Gasteiger partial charge in [-0.15, -0.1) is 10.2 Å². The lowest BCUT2D eigenvalue weighted by Gasteiger charge is -2.32. The summed E-state index contributed by atoms with van der Waals surface area (Å²) in [6, 6.07) is 19.3. The van der Waals surface area contributed by atoms with Gasteiger partial charge in [0.15, 0.2) is 11.4 Å². The highest BCUT2D eigenvalue weighted by molar-refractivity contribution is 5.93. The van der Waals surface area contributed by atoms with E-state index in [2.05, 4.69) is 31.3 Å². The fraction of sp³-hybridized carbons (Fsp3) is 0.308. The molecule has 0 spiro atoms. The average Bonchev–Trinajstić information content (AvgIpc) is 3.57. The number of benzene rings is 2. The summed E-state index contributed by atoms with van der Waals surface area (Å²) in [7, 11) is 0. The van der Waals surface area contributed by atoms with Crippen LogP contribution in [-0.2, 0) is 13.1 Å². The summed E-state index contributed by atoms with van der Waals surface area (Å²) in [6.45, 7) is 1.07. The molecule has 2 aromatic carbocycles. The number of aromatic nitrogens is 6. The molecule has 2 N–H and O–H groups in total. The maximum Gasteiger partial charge on any atom is 0.273 e. The molecule has 5 rings (SSSR count). The van der Waals surface area contributed by atoms with Gasteiger partial charge in [-0.25, -0.2) is 9.36 Å². The fourth-order valence-corrected chi connectivity index (χ4v) is 4.46. The van der Waals surface area contributed by atoms with Crippen LogP contribution in [0.5, 0.6) is 0 Å². The molecule has 2 heterocycles. The number of nitrogens with one attached hydrogen (secondary N) is 2. The van der Waals surface area contributed by atoms with E-state index in [1.807, 2.05) is 60.7 Å². The number of rotatable bonds is 8. The van der Waals surface area contributed by atoms with Gasteiger partial charge in [-0.05, 0) is 24.0 Å². The highest BCUT2D eigenvalue weighted by atomic mass is 16.2. The first-order valence-corrected chi connectivity index (χ1v) is 12.1. The molecule has 10 nitrogen and oxygen atoms in total. The highest BCUT2D eigenvalue weighted by Crippen LogP contribution is 2.19. The predicted molar refractivity (Wildman–Crippen MR) is 132 cm³/mol. The summed E-state index contributed by atoms with van der Waals surface area (Å²) < 4.78 is 3.28. The first kappa shape index (κ1) is 23.4. The van der Waals surface area contributed by atoms with Crippen LogP contribution in [0.4, 0.5) is 0 Å². The Balaban J connectivity index is 1.18. The highest BCUT2D eigenvalue weighted by Gasteiger charge is 2.29. The minimum atomic E-state index is -0.297. The second kappa shape index (κ2) is 10.9. The second-order valence-corrected chi connectivity index (χ2v) is 9.02. The minimum absolute atomic E-state index is 0.200. The molecule has 1 aliphatic carbocycles. The van der Waals surface area contributed by atoms with Crippen LogP contribution >= 0.6 is 0 Å². The Labute approximate surface area is 208 Å². The third-order valence-corrected chi connectivity index (χ3v) is 6.32. The van der Waals surface area contributed by atoms with E-state index in [0.717, 1.165) is 36.8 Å². The lowest BCUT2D eigenvalue weighted by atomic mass is 9.90. The smallest absolute Gasteiger partial charge is 0.273 e. The van der Waals surface area contributed by atoms with Gasteiger partial charge >= 0.3 is 0 Å². The zero-order valence-corrected chi connectivity index (χ0v) is 19.8. The third kappa shape index (κ3) is 5.83. The largest absolute Gasteiger partial charge is 0.346 e. The summed E-state index contributed by atoms with van der Waals surface area (Å²) in [5.41, 5.74) is 2.66. The van der Waals surface area contributed by atoms with Crippen LogP contribution in [-0.4, -0.2) is 53.9 Å². The number of carbonyl (C=O) groups excluding carboxylic acids is 2. The van der Waals surface area contributed by atoms with Crippen LogP contribution in [0.25, 0.3) is 0 Å². The molecule has 2 amide bonds. The Morgan fingerprint density at radius 2 is 1.11 bits per heavy atom. The van der Waals surface area contributed by atoms with Crippen molar-refractivity contribution in [2.45, 2.75) is 50.9 Å². The summed E-state index contributed by atoms with van der Waals surface area (Å²) >= 11 is 0. The summed E-state index contributed by atoms with van der Waals surface area (Å²) in [4.78, 5) is 25.8. The van der Waals surface area contributed by atoms with E-state index in [9.17, 15) is 9.59 Å². The van der Waals surface area contributed by atoms with E-state index in [1.54, 1.807) is 21.8 Å². The second-order valence-electron chi connectivity index (χ2n) is 9.02. The van der Waals surface area contributed by atoms with E-state index in [-0.39, 0.29) is 35.3 Å². The van der Waals surface area contributed by atoms with Crippen LogP contribution in [0.3, 0.4) is 0 Å². The minimum Gasteiger partial charge on any atom is -0.346 e. The van der Waals surface area contributed by atoms with Crippen molar-refractivity contribution in [1.82, 2.24) is 40.6 Å². The maximum absolute atomic E-state index is 12.9. The topological polar surface area (TPSA) is 120 Å². The Morgan fingerprint density at radius 1 is 0.694 bits per heavy atom. The lowest BCUT2D eigenvalue weighted by molar-refractivity contribution is 0.0857. The van der Waals surface area contributed by atoms with Gasteiger partial charge in [0.25, 0.3) is 11.8 Å². The Bertz CT molecular complexity index is 1200. The molecule has 1 unspecified atom stereocenters. The number of nitrogens with zero attached hydrogens (tertiary/aromatic N) is 6. The summed E-state index contributed by atoms with van der Waals surface area (Å²) in [6.07, 6.45) is 6.79. The van der Waals surface area contributed by atoms with E-state index < -0.39 is 0 Å². The van der Waals surface area contributed by atoms with Gasteiger partial charge in [0.05, 0.1) is 25.5 Å². The number of carbonyl (C=O) groups is 2. The van der Waals surface area contributed by atoms with Crippen LogP contribution < -0.4 is 10.6 Å². The SMILES string of the molecule is O=C(NC1CCCC[C@H]1NC(=O)c1cn(Cc2ccccc2)nn1)c1cn(Cc2ccccc2)nn1. The summed E-state index contributed by atoms with van der Waals surface area (Å²) in [5, 5.41) is 22.3. The van der Waals surface area contributed by atoms with Crippen LogP contribution in [0.15, 0.2) is 73.1 Å². The molecule has 36 heavy (non-hydrogen) atoms. The average molecular weight is 485 g/mol. The van der Waals surface area contributed by atoms with E-state index in [4.69, 9.17) is 0 Å². The van der Waals surface area contributed by atoms with Gasteiger partial charge in [0.1, 0.15) is 0 Å². The van der Waals surface area contributed by atoms with Crippen molar-refractivity contribution in [1.29, 1.82) is 0 Å². The molecule has 1 saturated carbocycles.